The van der Waals surface area contributed by atoms with E-state index in [1.807, 2.05) is 80.6 Å². The number of benzene rings is 3. The van der Waals surface area contributed by atoms with E-state index in [0.717, 1.165) is 16.9 Å². The van der Waals surface area contributed by atoms with Crippen LogP contribution in [-0.2, 0) is 21.2 Å². The van der Waals surface area contributed by atoms with Crippen LogP contribution in [0.2, 0.25) is 0 Å². The molecule has 0 saturated carbocycles. The fraction of sp³-hybridized carbons (Fsp3) is 0.333. The van der Waals surface area contributed by atoms with Crippen molar-refractivity contribution < 1.29 is 22.7 Å². The Morgan fingerprint density at radius 1 is 0.886 bits per heavy atom. The standard InChI is InChI=1S/C36H40N2O5S/c1-5-21-37(22-6-2)44(41,42)29-19-17-27(18-20-29)35(40)43-34(26-13-9-7-10-14-26)31-23-30-32(24-36(3,4)25-33(30)39)38(31)28-15-11-8-12-16-28/h7-20,23,34H,5-6,21-22,24-25H2,1-4H3. The van der Waals surface area contributed by atoms with Crippen molar-refractivity contribution in [2.45, 2.75) is 64.4 Å². The lowest BCUT2D eigenvalue weighted by Gasteiger charge is -2.30. The van der Waals surface area contributed by atoms with E-state index in [2.05, 4.69) is 18.4 Å². The topological polar surface area (TPSA) is 85.7 Å². The molecular formula is C36H40N2O5S. The number of nitrogens with zero attached hydrogens (tertiary/aromatic N) is 2. The van der Waals surface area contributed by atoms with Gasteiger partial charge < -0.3 is 9.30 Å². The molecule has 1 aliphatic carbocycles. The number of carbonyl (C=O) groups excluding carboxylic acids is 2. The molecule has 1 unspecified atom stereocenters. The second kappa shape index (κ2) is 12.9. The molecule has 0 amide bonds. The normalized spacial score (nSPS) is 15.2. The van der Waals surface area contributed by atoms with E-state index in [9.17, 15) is 18.0 Å². The number of aromatic nitrogens is 1. The summed E-state index contributed by atoms with van der Waals surface area (Å²) in [6.07, 6.45) is 1.74. The maximum Gasteiger partial charge on any atom is 0.339 e. The summed E-state index contributed by atoms with van der Waals surface area (Å²) in [4.78, 5) is 27.2. The zero-order valence-electron chi connectivity index (χ0n) is 25.8. The average molecular weight is 613 g/mol. The molecule has 0 aliphatic heterocycles. The van der Waals surface area contributed by atoms with Crippen LogP contribution in [-0.4, -0.2) is 42.1 Å². The van der Waals surface area contributed by atoms with Gasteiger partial charge in [0.1, 0.15) is 0 Å². The van der Waals surface area contributed by atoms with Crippen molar-refractivity contribution in [1.29, 1.82) is 0 Å². The van der Waals surface area contributed by atoms with E-state index >= 15 is 0 Å². The highest BCUT2D eigenvalue weighted by molar-refractivity contribution is 7.89. The molecule has 1 atom stereocenters. The number of rotatable bonds is 11. The summed E-state index contributed by atoms with van der Waals surface area (Å²) >= 11 is 0. The van der Waals surface area contributed by atoms with Gasteiger partial charge in [-0.1, -0.05) is 76.2 Å². The minimum Gasteiger partial charge on any atom is -0.447 e. The maximum absolute atomic E-state index is 13.7. The summed E-state index contributed by atoms with van der Waals surface area (Å²) in [5, 5.41) is 0. The third-order valence-electron chi connectivity index (χ3n) is 8.00. The maximum atomic E-state index is 13.7. The molecule has 0 spiro atoms. The van der Waals surface area contributed by atoms with Crippen LogP contribution in [0.5, 0.6) is 0 Å². The number of ketones is 1. The highest BCUT2D eigenvalue weighted by Crippen LogP contribution is 2.41. The Labute approximate surface area is 260 Å². The third-order valence-corrected chi connectivity index (χ3v) is 9.91. The molecule has 8 heteroatoms. The Bertz CT molecular complexity index is 1720. The van der Waals surface area contributed by atoms with Crippen molar-refractivity contribution in [3.05, 3.63) is 119 Å². The SMILES string of the molecule is CCCN(CCC)S(=O)(=O)c1ccc(C(=O)OC(c2ccccc2)c2cc3c(n2-c2ccccc2)CC(C)(C)CC3=O)cc1. The molecule has 7 nitrogen and oxygen atoms in total. The zero-order chi connectivity index (χ0) is 31.5. The zero-order valence-corrected chi connectivity index (χ0v) is 26.6. The molecule has 0 radical (unpaired) electrons. The number of hydrogen-bond donors (Lipinski definition) is 0. The molecule has 4 aromatic rings. The number of esters is 1. The first kappa shape index (κ1) is 31.4. The second-order valence-corrected chi connectivity index (χ2v) is 14.1. The largest absolute Gasteiger partial charge is 0.447 e. The van der Waals surface area contributed by atoms with Gasteiger partial charge in [-0.25, -0.2) is 13.2 Å². The van der Waals surface area contributed by atoms with Crippen LogP contribution in [0.3, 0.4) is 0 Å². The number of ether oxygens (including phenoxy) is 1. The van der Waals surface area contributed by atoms with Crippen molar-refractivity contribution >= 4 is 21.8 Å². The van der Waals surface area contributed by atoms with Gasteiger partial charge in [0.25, 0.3) is 0 Å². The minimum absolute atomic E-state index is 0.0716. The van der Waals surface area contributed by atoms with Crippen LogP contribution < -0.4 is 0 Å². The third kappa shape index (κ3) is 6.42. The van der Waals surface area contributed by atoms with E-state index in [0.29, 0.717) is 50.0 Å². The van der Waals surface area contributed by atoms with Crippen molar-refractivity contribution in [1.82, 2.24) is 8.87 Å². The second-order valence-electron chi connectivity index (χ2n) is 12.2. The van der Waals surface area contributed by atoms with Crippen LogP contribution in [0.4, 0.5) is 0 Å². The number of carbonyl (C=O) groups is 2. The van der Waals surface area contributed by atoms with Gasteiger partial charge in [0.2, 0.25) is 10.0 Å². The van der Waals surface area contributed by atoms with E-state index in [1.165, 1.54) is 28.6 Å². The molecule has 230 valence electrons. The molecule has 0 bridgehead atoms. The molecule has 3 aromatic carbocycles. The van der Waals surface area contributed by atoms with Crippen LogP contribution in [0.25, 0.3) is 5.69 Å². The number of sulfonamides is 1. The smallest absolute Gasteiger partial charge is 0.339 e. The highest BCUT2D eigenvalue weighted by atomic mass is 32.2. The fourth-order valence-electron chi connectivity index (χ4n) is 5.97. The van der Waals surface area contributed by atoms with Crippen molar-refractivity contribution in [3.8, 4) is 5.69 Å². The number of fused-ring (bicyclic) bond motifs is 1. The summed E-state index contributed by atoms with van der Waals surface area (Å²) in [7, 11) is -3.68. The molecule has 44 heavy (non-hydrogen) atoms. The van der Waals surface area contributed by atoms with E-state index in [-0.39, 0.29) is 21.7 Å². The quantitative estimate of drug-likeness (QED) is 0.165. The lowest BCUT2D eigenvalue weighted by molar-refractivity contribution is 0.0367. The van der Waals surface area contributed by atoms with Gasteiger partial charge >= 0.3 is 5.97 Å². The molecule has 1 aliphatic rings. The first-order valence-electron chi connectivity index (χ1n) is 15.2. The molecule has 1 heterocycles. The first-order valence-corrected chi connectivity index (χ1v) is 16.7. The van der Waals surface area contributed by atoms with Crippen molar-refractivity contribution in [2.24, 2.45) is 5.41 Å². The predicted octanol–water partition coefficient (Wildman–Crippen LogP) is 7.39. The van der Waals surface area contributed by atoms with Crippen molar-refractivity contribution in [3.63, 3.8) is 0 Å². The van der Waals surface area contributed by atoms with E-state index in [4.69, 9.17) is 4.74 Å². The Kier molecular flexibility index (Phi) is 9.23. The van der Waals surface area contributed by atoms with Gasteiger partial charge in [0, 0.05) is 36.5 Å². The summed E-state index contributed by atoms with van der Waals surface area (Å²) in [6.45, 7) is 8.95. The number of Topliss-reactive ketones (excluding diaryl/α,β-unsaturated/α-hetero) is 1. The molecule has 1 aromatic heterocycles. The number of hydrogen-bond acceptors (Lipinski definition) is 5. The predicted molar refractivity (Wildman–Crippen MR) is 172 cm³/mol. The van der Waals surface area contributed by atoms with Gasteiger partial charge in [-0.2, -0.15) is 4.31 Å². The molecule has 0 saturated heterocycles. The molecule has 0 fully saturated rings. The van der Waals surface area contributed by atoms with Gasteiger partial charge in [0.15, 0.2) is 11.9 Å². The van der Waals surface area contributed by atoms with Crippen LogP contribution in [0.15, 0.2) is 95.9 Å². The summed E-state index contributed by atoms with van der Waals surface area (Å²) in [5.74, 6) is -0.519. The highest BCUT2D eigenvalue weighted by Gasteiger charge is 2.37. The van der Waals surface area contributed by atoms with Crippen LogP contribution in [0.1, 0.15) is 90.7 Å². The molecular weight excluding hydrogens is 572 g/mol. The molecule has 5 rings (SSSR count). The van der Waals surface area contributed by atoms with Crippen molar-refractivity contribution in [2.75, 3.05) is 13.1 Å². The Balaban J connectivity index is 1.55. The minimum atomic E-state index is -3.68. The average Bonchev–Trinajstić information content (AvgIpc) is 3.39. The van der Waals surface area contributed by atoms with Gasteiger partial charge in [-0.3, -0.25) is 4.79 Å². The Morgan fingerprint density at radius 3 is 2.07 bits per heavy atom. The Morgan fingerprint density at radius 2 is 1.48 bits per heavy atom. The lowest BCUT2D eigenvalue weighted by atomic mass is 9.76. The summed E-state index contributed by atoms with van der Waals surface area (Å²) in [6, 6.07) is 27.1. The van der Waals surface area contributed by atoms with Crippen LogP contribution >= 0.6 is 0 Å². The van der Waals surface area contributed by atoms with Crippen LogP contribution in [0, 0.1) is 5.41 Å². The van der Waals surface area contributed by atoms with Gasteiger partial charge in [0.05, 0.1) is 16.2 Å². The van der Waals surface area contributed by atoms with E-state index in [1.54, 1.807) is 0 Å². The lowest BCUT2D eigenvalue weighted by Crippen LogP contribution is -2.32. The van der Waals surface area contributed by atoms with E-state index < -0.39 is 22.1 Å². The molecule has 0 N–H and O–H groups in total. The summed E-state index contributed by atoms with van der Waals surface area (Å²) in [5.41, 5.74) is 3.90. The number of para-hydroxylation sites is 1. The monoisotopic (exact) mass is 612 g/mol. The van der Waals surface area contributed by atoms with Gasteiger partial charge in [-0.05, 0) is 72.7 Å². The first-order chi connectivity index (χ1) is 21.1. The fourth-order valence-corrected chi connectivity index (χ4v) is 7.60. The summed E-state index contributed by atoms with van der Waals surface area (Å²) < 4.78 is 36.3. The Hall–Kier alpha value is -4.01. The van der Waals surface area contributed by atoms with Gasteiger partial charge in [-0.15, -0.1) is 0 Å².